The Morgan fingerprint density at radius 2 is 1.73 bits per heavy atom. The Balaban J connectivity index is 2.13. The quantitative estimate of drug-likeness (QED) is 0.736. The molecular formula is C20H25BFO4. The molecule has 0 saturated carbocycles. The summed E-state index contributed by atoms with van der Waals surface area (Å²) in [6.07, 6.45) is 0. The molecule has 0 aliphatic rings. The van der Waals surface area contributed by atoms with Gasteiger partial charge in [-0.3, -0.25) is 0 Å². The summed E-state index contributed by atoms with van der Waals surface area (Å²) < 4.78 is 31.1. The van der Waals surface area contributed by atoms with Crippen LogP contribution >= 0.6 is 0 Å². The second-order valence-electron chi connectivity index (χ2n) is 7.11. The van der Waals surface area contributed by atoms with Gasteiger partial charge in [-0.2, -0.15) is 0 Å². The Hall–Kier alpha value is -2.05. The number of hydrogen-bond donors (Lipinski definition) is 1. The molecule has 0 spiro atoms. The number of methoxy groups -OCH3 is 1. The van der Waals surface area contributed by atoms with Crippen LogP contribution in [0.5, 0.6) is 11.5 Å². The van der Waals surface area contributed by atoms with Gasteiger partial charge in [0.2, 0.25) is 0 Å². The van der Waals surface area contributed by atoms with E-state index in [1.165, 1.54) is 20.7 Å². The lowest BCUT2D eigenvalue weighted by molar-refractivity contribution is -0.0893. The van der Waals surface area contributed by atoms with Crippen LogP contribution < -0.4 is 14.9 Å². The highest BCUT2D eigenvalue weighted by atomic mass is 19.1. The zero-order chi connectivity index (χ0) is 19.4. The fourth-order valence-corrected chi connectivity index (χ4v) is 2.04. The van der Waals surface area contributed by atoms with Crippen molar-refractivity contribution in [2.75, 3.05) is 7.11 Å². The third-order valence-corrected chi connectivity index (χ3v) is 4.44. The molecule has 0 aliphatic carbocycles. The van der Waals surface area contributed by atoms with Crippen molar-refractivity contribution in [3.8, 4) is 11.5 Å². The predicted octanol–water partition coefficient (Wildman–Crippen LogP) is 3.22. The normalized spacial score (nSPS) is 12.0. The highest BCUT2D eigenvalue weighted by Gasteiger charge is 2.35. The van der Waals surface area contributed by atoms with Crippen LogP contribution in [0.25, 0.3) is 0 Å². The standard InChI is InChI=1S/C20H25BFO4/c1-19(2,23)20(3,4)26-21-15-11-16(22)18(17(12-15)24-5)25-13-14-9-7-6-8-10-14/h6-12,23H,13H2,1-5H3. The van der Waals surface area contributed by atoms with Crippen molar-refractivity contribution in [1.29, 1.82) is 0 Å². The zero-order valence-corrected chi connectivity index (χ0v) is 15.9. The van der Waals surface area contributed by atoms with Gasteiger partial charge in [0, 0.05) is 0 Å². The van der Waals surface area contributed by atoms with Crippen LogP contribution in [-0.4, -0.2) is 30.9 Å². The largest absolute Gasteiger partial charge is 0.493 e. The molecule has 2 rings (SSSR count). The van der Waals surface area contributed by atoms with E-state index in [0.29, 0.717) is 5.46 Å². The van der Waals surface area contributed by atoms with Crippen molar-refractivity contribution >= 4 is 12.9 Å². The number of benzene rings is 2. The van der Waals surface area contributed by atoms with Crippen LogP contribution in [0, 0.1) is 5.82 Å². The maximum Gasteiger partial charge on any atom is 0.331 e. The highest BCUT2D eigenvalue weighted by molar-refractivity contribution is 6.47. The summed E-state index contributed by atoms with van der Waals surface area (Å²) in [7, 11) is 2.86. The molecule has 26 heavy (non-hydrogen) atoms. The Bertz CT molecular complexity index is 727. The summed E-state index contributed by atoms with van der Waals surface area (Å²) >= 11 is 0. The molecular weight excluding hydrogens is 334 g/mol. The molecule has 0 heterocycles. The first kappa shape index (κ1) is 20.3. The first-order valence-corrected chi connectivity index (χ1v) is 8.42. The van der Waals surface area contributed by atoms with Crippen LogP contribution in [-0.2, 0) is 11.3 Å². The van der Waals surface area contributed by atoms with E-state index in [9.17, 15) is 9.50 Å². The summed E-state index contributed by atoms with van der Waals surface area (Å²) in [5.74, 6) is -0.219. The van der Waals surface area contributed by atoms with Crippen LogP contribution in [0.3, 0.4) is 0 Å². The van der Waals surface area contributed by atoms with Gasteiger partial charge in [-0.25, -0.2) is 4.39 Å². The minimum Gasteiger partial charge on any atom is -0.493 e. The molecule has 2 aromatic rings. The number of hydrogen-bond acceptors (Lipinski definition) is 4. The first-order valence-electron chi connectivity index (χ1n) is 8.42. The van der Waals surface area contributed by atoms with E-state index in [1.54, 1.807) is 33.8 Å². The second-order valence-corrected chi connectivity index (χ2v) is 7.11. The summed E-state index contributed by atoms with van der Waals surface area (Å²) in [5.41, 5.74) is -0.507. The van der Waals surface area contributed by atoms with Gasteiger partial charge in [-0.15, -0.1) is 0 Å². The number of ether oxygens (including phenoxy) is 2. The van der Waals surface area contributed by atoms with E-state index >= 15 is 0 Å². The predicted molar refractivity (Wildman–Crippen MR) is 101 cm³/mol. The van der Waals surface area contributed by atoms with E-state index in [4.69, 9.17) is 14.1 Å². The van der Waals surface area contributed by atoms with Crippen molar-refractivity contribution in [2.24, 2.45) is 0 Å². The Morgan fingerprint density at radius 1 is 1.08 bits per heavy atom. The fraction of sp³-hybridized carbons (Fsp3) is 0.400. The van der Waals surface area contributed by atoms with Gasteiger partial charge in [0.05, 0.1) is 18.3 Å². The highest BCUT2D eigenvalue weighted by Crippen LogP contribution is 2.30. The maximum atomic E-state index is 14.5. The third kappa shape index (κ3) is 4.99. The van der Waals surface area contributed by atoms with Crippen LogP contribution in [0.1, 0.15) is 33.3 Å². The number of rotatable bonds is 8. The molecule has 6 heteroatoms. The minimum absolute atomic E-state index is 0.0512. The molecule has 0 atom stereocenters. The maximum absolute atomic E-state index is 14.5. The lowest BCUT2D eigenvalue weighted by Gasteiger charge is -2.37. The summed E-state index contributed by atoms with van der Waals surface area (Å²) in [4.78, 5) is 0. The molecule has 1 radical (unpaired) electrons. The molecule has 4 nitrogen and oxygen atoms in total. The van der Waals surface area contributed by atoms with Crippen molar-refractivity contribution in [3.63, 3.8) is 0 Å². The van der Waals surface area contributed by atoms with E-state index < -0.39 is 17.0 Å². The van der Waals surface area contributed by atoms with Gasteiger partial charge in [0.15, 0.2) is 17.3 Å². The van der Waals surface area contributed by atoms with Crippen LogP contribution in [0.4, 0.5) is 4.39 Å². The SMILES string of the molecule is COc1cc([B]OC(C)(C)C(C)(C)O)cc(F)c1OCc1ccccc1. The summed E-state index contributed by atoms with van der Waals surface area (Å²) in [6, 6.07) is 12.4. The molecule has 0 bridgehead atoms. The van der Waals surface area contributed by atoms with Crippen LogP contribution in [0.2, 0.25) is 0 Å². The van der Waals surface area contributed by atoms with Gasteiger partial charge in [0.1, 0.15) is 6.61 Å². The second kappa shape index (κ2) is 8.10. The van der Waals surface area contributed by atoms with Gasteiger partial charge >= 0.3 is 7.48 Å². The molecule has 0 unspecified atom stereocenters. The van der Waals surface area contributed by atoms with Gasteiger partial charge in [-0.05, 0) is 50.9 Å². The monoisotopic (exact) mass is 359 g/mol. The minimum atomic E-state index is -1.06. The zero-order valence-electron chi connectivity index (χ0n) is 15.9. The molecule has 0 saturated heterocycles. The number of halogens is 1. The lowest BCUT2D eigenvalue weighted by Crippen LogP contribution is -2.49. The van der Waals surface area contributed by atoms with E-state index in [1.807, 2.05) is 30.3 Å². The molecule has 0 fully saturated rings. The van der Waals surface area contributed by atoms with Crippen molar-refractivity contribution in [3.05, 3.63) is 53.8 Å². The number of aliphatic hydroxyl groups is 1. The average Bonchev–Trinajstić information content (AvgIpc) is 2.58. The smallest absolute Gasteiger partial charge is 0.331 e. The van der Waals surface area contributed by atoms with Gasteiger partial charge in [-0.1, -0.05) is 30.3 Å². The van der Waals surface area contributed by atoms with Crippen molar-refractivity contribution in [2.45, 2.75) is 45.5 Å². The van der Waals surface area contributed by atoms with Crippen LogP contribution in [0.15, 0.2) is 42.5 Å². The average molecular weight is 359 g/mol. The molecule has 2 aromatic carbocycles. The van der Waals surface area contributed by atoms with Gasteiger partial charge < -0.3 is 19.2 Å². The summed E-state index contributed by atoms with van der Waals surface area (Å²) in [6.45, 7) is 7.06. The van der Waals surface area contributed by atoms with Crippen molar-refractivity contribution in [1.82, 2.24) is 0 Å². The molecule has 139 valence electrons. The molecule has 0 aromatic heterocycles. The van der Waals surface area contributed by atoms with E-state index in [-0.39, 0.29) is 18.1 Å². The third-order valence-electron chi connectivity index (χ3n) is 4.44. The Kier molecular flexibility index (Phi) is 6.32. The van der Waals surface area contributed by atoms with Crippen molar-refractivity contribution < 1.29 is 23.6 Å². The first-order chi connectivity index (χ1) is 12.1. The molecule has 0 aliphatic heterocycles. The summed E-state index contributed by atoms with van der Waals surface area (Å²) in [5, 5.41) is 10.1. The Labute approximate surface area is 155 Å². The molecule has 0 amide bonds. The fourth-order valence-electron chi connectivity index (χ4n) is 2.04. The Morgan fingerprint density at radius 3 is 2.31 bits per heavy atom. The lowest BCUT2D eigenvalue weighted by atomic mass is 9.82. The van der Waals surface area contributed by atoms with E-state index in [2.05, 4.69) is 0 Å². The van der Waals surface area contributed by atoms with E-state index in [0.717, 1.165) is 5.56 Å². The topological polar surface area (TPSA) is 47.9 Å². The molecule has 1 N–H and O–H groups in total. The van der Waals surface area contributed by atoms with Gasteiger partial charge in [0.25, 0.3) is 0 Å².